The molecule has 21 heavy (non-hydrogen) atoms. The zero-order valence-corrected chi connectivity index (χ0v) is 11.8. The Morgan fingerprint density at radius 3 is 2.29 bits per heavy atom. The lowest BCUT2D eigenvalue weighted by atomic mass is 9.97. The number of hydrogen-bond acceptors (Lipinski definition) is 2. The van der Waals surface area contributed by atoms with E-state index >= 15 is 0 Å². The van der Waals surface area contributed by atoms with Crippen molar-refractivity contribution in [1.82, 2.24) is 5.32 Å². The average molecular weight is 295 g/mol. The number of nitrogens with one attached hydrogen (secondary N) is 1. The topological polar surface area (TPSA) is 21.3 Å². The number of methoxy groups -OCH3 is 1. The van der Waals surface area contributed by atoms with Gasteiger partial charge in [0.05, 0.1) is 13.2 Å². The van der Waals surface area contributed by atoms with Crippen LogP contribution in [0.4, 0.5) is 13.2 Å². The van der Waals surface area contributed by atoms with Crippen molar-refractivity contribution in [3.8, 4) is 5.75 Å². The monoisotopic (exact) mass is 295 g/mol. The molecule has 0 saturated carbocycles. The molecular formula is C16H16F3NO. The maximum atomic E-state index is 14.2. The second kappa shape index (κ2) is 6.63. The Kier molecular flexibility index (Phi) is 4.85. The van der Waals surface area contributed by atoms with Crippen LogP contribution in [0.25, 0.3) is 0 Å². The predicted molar refractivity (Wildman–Crippen MR) is 74.8 cm³/mol. The summed E-state index contributed by atoms with van der Waals surface area (Å²) in [4.78, 5) is 0. The Morgan fingerprint density at radius 1 is 1.10 bits per heavy atom. The van der Waals surface area contributed by atoms with Crippen molar-refractivity contribution in [1.29, 1.82) is 0 Å². The third-order valence-corrected chi connectivity index (χ3v) is 3.17. The molecule has 0 fully saturated rings. The van der Waals surface area contributed by atoms with Crippen LogP contribution in [0.1, 0.15) is 24.1 Å². The molecule has 2 nitrogen and oxygen atoms in total. The summed E-state index contributed by atoms with van der Waals surface area (Å²) < 4.78 is 46.6. The van der Waals surface area contributed by atoms with Gasteiger partial charge in [0, 0.05) is 17.7 Å². The average Bonchev–Trinajstić information content (AvgIpc) is 2.45. The van der Waals surface area contributed by atoms with Gasteiger partial charge in [-0.25, -0.2) is 13.2 Å². The van der Waals surface area contributed by atoms with E-state index in [1.54, 1.807) is 6.07 Å². The minimum atomic E-state index is -0.767. The smallest absolute Gasteiger partial charge is 0.134 e. The van der Waals surface area contributed by atoms with Crippen LogP contribution in [0, 0.1) is 17.5 Å². The molecule has 2 rings (SSSR count). The first-order valence-corrected chi connectivity index (χ1v) is 6.58. The van der Waals surface area contributed by atoms with Crippen molar-refractivity contribution < 1.29 is 17.9 Å². The van der Waals surface area contributed by atoms with Crippen LogP contribution in [-0.4, -0.2) is 13.7 Å². The summed E-state index contributed by atoms with van der Waals surface area (Å²) in [6, 6.07) is 7.14. The molecule has 0 heterocycles. The molecule has 0 spiro atoms. The molecule has 0 aliphatic carbocycles. The first kappa shape index (κ1) is 15.4. The highest BCUT2D eigenvalue weighted by Gasteiger charge is 2.22. The highest BCUT2D eigenvalue weighted by atomic mass is 19.1. The fourth-order valence-corrected chi connectivity index (χ4v) is 2.23. The lowest BCUT2D eigenvalue weighted by Gasteiger charge is -2.20. The van der Waals surface area contributed by atoms with Gasteiger partial charge in [-0.15, -0.1) is 0 Å². The zero-order valence-electron chi connectivity index (χ0n) is 11.8. The molecule has 1 unspecified atom stereocenters. The standard InChI is InChI=1S/C16H16F3NO/c1-3-20-16(10-5-4-6-11(17)7-10)15-13(18)8-12(21-2)9-14(15)19/h4-9,16,20H,3H2,1-2H3. The number of rotatable bonds is 5. The molecule has 112 valence electrons. The van der Waals surface area contributed by atoms with Crippen LogP contribution >= 0.6 is 0 Å². The summed E-state index contributed by atoms with van der Waals surface area (Å²) in [6.45, 7) is 2.29. The van der Waals surface area contributed by atoms with Crippen molar-refractivity contribution in [3.63, 3.8) is 0 Å². The zero-order chi connectivity index (χ0) is 15.4. The summed E-state index contributed by atoms with van der Waals surface area (Å²) in [5, 5.41) is 2.97. The van der Waals surface area contributed by atoms with Crippen LogP contribution in [0.3, 0.4) is 0 Å². The molecular weight excluding hydrogens is 279 g/mol. The maximum absolute atomic E-state index is 14.2. The van der Waals surface area contributed by atoms with Gasteiger partial charge in [0.15, 0.2) is 0 Å². The van der Waals surface area contributed by atoms with Gasteiger partial charge in [-0.3, -0.25) is 0 Å². The van der Waals surface area contributed by atoms with Crippen molar-refractivity contribution in [3.05, 3.63) is 65.0 Å². The number of hydrogen-bond donors (Lipinski definition) is 1. The van der Waals surface area contributed by atoms with E-state index < -0.39 is 23.5 Å². The highest BCUT2D eigenvalue weighted by molar-refractivity contribution is 5.38. The van der Waals surface area contributed by atoms with Gasteiger partial charge in [-0.2, -0.15) is 0 Å². The van der Waals surface area contributed by atoms with Crippen molar-refractivity contribution in [2.45, 2.75) is 13.0 Å². The van der Waals surface area contributed by atoms with E-state index in [9.17, 15) is 13.2 Å². The van der Waals surface area contributed by atoms with Gasteiger partial charge in [0.1, 0.15) is 23.2 Å². The number of benzene rings is 2. The molecule has 0 amide bonds. The summed E-state index contributed by atoms with van der Waals surface area (Å²) >= 11 is 0. The minimum Gasteiger partial charge on any atom is -0.497 e. The van der Waals surface area contributed by atoms with Crippen LogP contribution in [0.2, 0.25) is 0 Å². The second-order valence-electron chi connectivity index (χ2n) is 4.55. The van der Waals surface area contributed by atoms with Crippen LogP contribution in [0.15, 0.2) is 36.4 Å². The van der Waals surface area contributed by atoms with E-state index in [1.807, 2.05) is 6.92 Å². The third-order valence-electron chi connectivity index (χ3n) is 3.17. The molecule has 0 bridgehead atoms. The van der Waals surface area contributed by atoms with Gasteiger partial charge in [-0.1, -0.05) is 19.1 Å². The van der Waals surface area contributed by atoms with E-state index in [2.05, 4.69) is 5.32 Å². The number of halogens is 3. The third kappa shape index (κ3) is 3.36. The van der Waals surface area contributed by atoms with E-state index in [0.29, 0.717) is 12.1 Å². The minimum absolute atomic E-state index is 0.100. The summed E-state index contributed by atoms with van der Waals surface area (Å²) in [7, 11) is 1.34. The molecule has 0 aliphatic rings. The van der Waals surface area contributed by atoms with Gasteiger partial charge in [-0.05, 0) is 24.2 Å². The molecule has 0 saturated heterocycles. The molecule has 2 aromatic rings. The molecule has 1 N–H and O–H groups in total. The van der Waals surface area contributed by atoms with Gasteiger partial charge in [0.2, 0.25) is 0 Å². The van der Waals surface area contributed by atoms with E-state index in [0.717, 1.165) is 12.1 Å². The van der Waals surface area contributed by atoms with Crippen molar-refractivity contribution in [2.24, 2.45) is 0 Å². The molecule has 5 heteroatoms. The maximum Gasteiger partial charge on any atom is 0.134 e. The predicted octanol–water partition coefficient (Wildman–Crippen LogP) is 3.81. The normalized spacial score (nSPS) is 12.2. The van der Waals surface area contributed by atoms with E-state index in [-0.39, 0.29) is 11.3 Å². The summed E-state index contributed by atoms with van der Waals surface area (Å²) in [5.74, 6) is -1.82. The van der Waals surface area contributed by atoms with Crippen molar-refractivity contribution >= 4 is 0 Å². The summed E-state index contributed by atoms with van der Waals surface area (Å²) in [5.41, 5.74) is 0.308. The van der Waals surface area contributed by atoms with E-state index in [4.69, 9.17) is 4.74 Å². The van der Waals surface area contributed by atoms with Crippen LogP contribution < -0.4 is 10.1 Å². The molecule has 1 atom stereocenters. The fourth-order valence-electron chi connectivity index (χ4n) is 2.23. The molecule has 0 aromatic heterocycles. The Hall–Kier alpha value is -2.01. The first-order chi connectivity index (χ1) is 10.1. The molecule has 2 aromatic carbocycles. The second-order valence-corrected chi connectivity index (χ2v) is 4.55. The Labute approximate surface area is 121 Å². The SMILES string of the molecule is CCNC(c1cccc(F)c1)c1c(F)cc(OC)cc1F. The Bertz CT molecular complexity index is 608. The van der Waals surface area contributed by atoms with Crippen LogP contribution in [0.5, 0.6) is 5.75 Å². The van der Waals surface area contributed by atoms with Crippen molar-refractivity contribution in [2.75, 3.05) is 13.7 Å². The summed E-state index contributed by atoms with van der Waals surface area (Å²) in [6.07, 6.45) is 0. The van der Waals surface area contributed by atoms with Gasteiger partial charge >= 0.3 is 0 Å². The lowest BCUT2D eigenvalue weighted by molar-refractivity contribution is 0.403. The first-order valence-electron chi connectivity index (χ1n) is 6.58. The number of ether oxygens (including phenoxy) is 1. The Balaban J connectivity index is 2.53. The largest absolute Gasteiger partial charge is 0.497 e. The van der Waals surface area contributed by atoms with Crippen LogP contribution in [-0.2, 0) is 0 Å². The lowest BCUT2D eigenvalue weighted by Crippen LogP contribution is -2.24. The quantitative estimate of drug-likeness (QED) is 0.905. The molecule has 0 radical (unpaired) electrons. The molecule has 0 aliphatic heterocycles. The van der Waals surface area contributed by atoms with Gasteiger partial charge in [0.25, 0.3) is 0 Å². The van der Waals surface area contributed by atoms with E-state index in [1.165, 1.54) is 25.3 Å². The Morgan fingerprint density at radius 2 is 1.76 bits per heavy atom. The van der Waals surface area contributed by atoms with Gasteiger partial charge < -0.3 is 10.1 Å². The fraction of sp³-hybridized carbons (Fsp3) is 0.250. The highest BCUT2D eigenvalue weighted by Crippen LogP contribution is 2.30.